The molecule has 1 atom stereocenters. The summed E-state index contributed by atoms with van der Waals surface area (Å²) in [6, 6.07) is 7.00. The molecule has 3 aliphatic rings. The van der Waals surface area contributed by atoms with Gasteiger partial charge in [0.05, 0.1) is 12.6 Å². The predicted octanol–water partition coefficient (Wildman–Crippen LogP) is 0.873. The highest BCUT2D eigenvalue weighted by Gasteiger charge is 2.37. The van der Waals surface area contributed by atoms with Crippen molar-refractivity contribution in [2.75, 3.05) is 39.3 Å². The summed E-state index contributed by atoms with van der Waals surface area (Å²) in [5, 5.41) is 3.36. The molecular formula is C16H21N3O2. The molecule has 2 saturated heterocycles. The van der Waals surface area contributed by atoms with Crippen LogP contribution in [0.25, 0.3) is 0 Å². The second-order valence-corrected chi connectivity index (χ2v) is 6.07. The first-order valence-corrected chi connectivity index (χ1v) is 7.82. The number of nitrogens with zero attached hydrogens (tertiary/aromatic N) is 2. The molecule has 0 aromatic heterocycles. The van der Waals surface area contributed by atoms with Gasteiger partial charge in [-0.15, -0.1) is 0 Å². The number of hydrogen-bond acceptors (Lipinski definition) is 3. The highest BCUT2D eigenvalue weighted by molar-refractivity contribution is 5.77. The predicted molar refractivity (Wildman–Crippen MR) is 79.7 cm³/mol. The van der Waals surface area contributed by atoms with Crippen molar-refractivity contribution >= 4 is 6.03 Å². The number of hydrogen-bond donors (Lipinski definition) is 1. The Labute approximate surface area is 124 Å². The lowest BCUT2D eigenvalue weighted by Gasteiger charge is -2.28. The molecule has 0 bridgehead atoms. The van der Waals surface area contributed by atoms with Crippen molar-refractivity contribution in [2.45, 2.75) is 18.9 Å². The normalized spacial score (nSPS) is 24.0. The van der Waals surface area contributed by atoms with E-state index in [1.54, 1.807) is 0 Å². The van der Waals surface area contributed by atoms with Gasteiger partial charge in [-0.05, 0) is 23.6 Å². The molecule has 5 nitrogen and oxygen atoms in total. The Morgan fingerprint density at radius 1 is 1.38 bits per heavy atom. The Hall–Kier alpha value is -1.75. The molecule has 3 heterocycles. The van der Waals surface area contributed by atoms with E-state index in [1.807, 2.05) is 9.80 Å². The summed E-state index contributed by atoms with van der Waals surface area (Å²) < 4.78 is 5.53. The van der Waals surface area contributed by atoms with Gasteiger partial charge in [-0.1, -0.05) is 12.1 Å². The van der Waals surface area contributed by atoms with E-state index >= 15 is 0 Å². The van der Waals surface area contributed by atoms with Crippen molar-refractivity contribution in [1.29, 1.82) is 0 Å². The largest absolute Gasteiger partial charge is 0.493 e. The van der Waals surface area contributed by atoms with Gasteiger partial charge in [0.1, 0.15) is 5.75 Å². The van der Waals surface area contributed by atoms with Crippen LogP contribution in [0.2, 0.25) is 0 Å². The van der Waals surface area contributed by atoms with Crippen LogP contribution in [0.3, 0.4) is 0 Å². The van der Waals surface area contributed by atoms with Crippen LogP contribution in [0, 0.1) is 0 Å². The van der Waals surface area contributed by atoms with E-state index in [2.05, 4.69) is 23.5 Å². The molecule has 1 unspecified atom stereocenters. The standard InChI is InChI=1S/C16H21N3O2/c20-16-18(11-14-10-17-5-7-19(14)16)6-3-12-1-2-15-13(9-12)4-8-21-15/h1-2,9,14,17H,3-8,10-11H2. The van der Waals surface area contributed by atoms with Crippen LogP contribution < -0.4 is 10.1 Å². The smallest absolute Gasteiger partial charge is 0.320 e. The third-order valence-electron chi connectivity index (χ3n) is 4.72. The minimum atomic E-state index is 0.214. The third-order valence-corrected chi connectivity index (χ3v) is 4.72. The zero-order chi connectivity index (χ0) is 14.2. The number of rotatable bonds is 3. The van der Waals surface area contributed by atoms with Crippen molar-refractivity contribution in [3.63, 3.8) is 0 Å². The lowest BCUT2D eigenvalue weighted by atomic mass is 10.1. The second-order valence-electron chi connectivity index (χ2n) is 6.07. The van der Waals surface area contributed by atoms with E-state index < -0.39 is 0 Å². The summed E-state index contributed by atoms with van der Waals surface area (Å²) in [5.41, 5.74) is 2.61. The Morgan fingerprint density at radius 2 is 2.33 bits per heavy atom. The number of fused-ring (bicyclic) bond motifs is 2. The zero-order valence-corrected chi connectivity index (χ0v) is 12.2. The molecular weight excluding hydrogens is 266 g/mol. The van der Waals surface area contributed by atoms with Gasteiger partial charge < -0.3 is 19.9 Å². The number of urea groups is 1. The van der Waals surface area contributed by atoms with E-state index in [0.29, 0.717) is 6.04 Å². The van der Waals surface area contributed by atoms with E-state index in [4.69, 9.17) is 4.74 Å². The molecule has 21 heavy (non-hydrogen) atoms. The van der Waals surface area contributed by atoms with E-state index in [9.17, 15) is 4.79 Å². The Kier molecular flexibility index (Phi) is 3.22. The first-order valence-electron chi connectivity index (χ1n) is 7.82. The molecule has 2 amide bonds. The highest BCUT2D eigenvalue weighted by Crippen LogP contribution is 2.26. The quantitative estimate of drug-likeness (QED) is 0.897. The van der Waals surface area contributed by atoms with Crippen LogP contribution >= 0.6 is 0 Å². The van der Waals surface area contributed by atoms with Crippen molar-refractivity contribution in [2.24, 2.45) is 0 Å². The summed E-state index contributed by atoms with van der Waals surface area (Å²) in [5.74, 6) is 1.03. The second kappa shape index (κ2) is 5.22. The van der Waals surface area contributed by atoms with E-state index in [0.717, 1.165) is 57.9 Å². The SMILES string of the molecule is O=C1N(CCc2ccc3c(c2)CCO3)CC2CNCCN12. The first kappa shape index (κ1) is 13.0. The van der Waals surface area contributed by atoms with Crippen LogP contribution in [-0.4, -0.2) is 61.2 Å². The summed E-state index contributed by atoms with van der Waals surface area (Å²) in [6.45, 7) is 5.16. The van der Waals surface area contributed by atoms with Gasteiger partial charge in [-0.25, -0.2) is 4.79 Å². The van der Waals surface area contributed by atoms with Gasteiger partial charge in [-0.2, -0.15) is 0 Å². The number of amides is 2. The molecule has 1 aromatic rings. The van der Waals surface area contributed by atoms with E-state index in [-0.39, 0.29) is 6.03 Å². The summed E-state index contributed by atoms with van der Waals surface area (Å²) in [7, 11) is 0. The van der Waals surface area contributed by atoms with Gasteiger partial charge in [0.2, 0.25) is 0 Å². The Bertz CT molecular complexity index is 560. The number of nitrogens with one attached hydrogen (secondary N) is 1. The monoisotopic (exact) mass is 287 g/mol. The van der Waals surface area contributed by atoms with Crippen molar-refractivity contribution < 1.29 is 9.53 Å². The molecule has 2 fully saturated rings. The highest BCUT2D eigenvalue weighted by atomic mass is 16.5. The maximum absolute atomic E-state index is 12.4. The van der Waals surface area contributed by atoms with Gasteiger partial charge in [0.25, 0.3) is 0 Å². The average Bonchev–Trinajstić information content (AvgIpc) is 3.10. The molecule has 112 valence electrons. The Balaban J connectivity index is 1.39. The summed E-state index contributed by atoms with van der Waals surface area (Å²) >= 11 is 0. The van der Waals surface area contributed by atoms with Crippen molar-refractivity contribution in [1.82, 2.24) is 15.1 Å². The number of ether oxygens (including phenoxy) is 1. The first-order chi connectivity index (χ1) is 10.3. The van der Waals surface area contributed by atoms with Crippen molar-refractivity contribution in [3.05, 3.63) is 29.3 Å². The molecule has 0 radical (unpaired) electrons. The molecule has 4 rings (SSSR count). The number of benzene rings is 1. The minimum absolute atomic E-state index is 0.214. The molecule has 1 N–H and O–H groups in total. The van der Waals surface area contributed by atoms with E-state index in [1.165, 1.54) is 11.1 Å². The minimum Gasteiger partial charge on any atom is -0.493 e. The number of carbonyl (C=O) groups excluding carboxylic acids is 1. The fourth-order valence-electron chi connectivity index (χ4n) is 3.54. The third kappa shape index (κ3) is 2.35. The number of carbonyl (C=O) groups is 1. The fourth-order valence-corrected chi connectivity index (χ4v) is 3.54. The molecule has 0 aliphatic carbocycles. The summed E-state index contributed by atoms with van der Waals surface area (Å²) in [6.07, 6.45) is 1.93. The van der Waals surface area contributed by atoms with Crippen LogP contribution in [0.15, 0.2) is 18.2 Å². The molecule has 3 aliphatic heterocycles. The van der Waals surface area contributed by atoms with Crippen LogP contribution in [0.4, 0.5) is 4.79 Å². The lowest BCUT2D eigenvalue weighted by molar-refractivity contribution is 0.179. The van der Waals surface area contributed by atoms with Gasteiger partial charge in [0.15, 0.2) is 0 Å². The Morgan fingerprint density at radius 3 is 3.24 bits per heavy atom. The fraction of sp³-hybridized carbons (Fsp3) is 0.562. The van der Waals surface area contributed by atoms with Crippen LogP contribution in [0.1, 0.15) is 11.1 Å². The number of piperazine rings is 1. The maximum atomic E-state index is 12.4. The van der Waals surface area contributed by atoms with Crippen LogP contribution in [-0.2, 0) is 12.8 Å². The van der Waals surface area contributed by atoms with Crippen molar-refractivity contribution in [3.8, 4) is 5.75 Å². The molecule has 1 aromatic carbocycles. The maximum Gasteiger partial charge on any atom is 0.320 e. The lowest BCUT2D eigenvalue weighted by Crippen LogP contribution is -2.49. The summed E-state index contributed by atoms with van der Waals surface area (Å²) in [4.78, 5) is 16.4. The molecule has 0 saturated carbocycles. The topological polar surface area (TPSA) is 44.8 Å². The van der Waals surface area contributed by atoms with Gasteiger partial charge >= 0.3 is 6.03 Å². The zero-order valence-electron chi connectivity index (χ0n) is 12.2. The molecule has 0 spiro atoms. The van der Waals surface area contributed by atoms with Crippen LogP contribution in [0.5, 0.6) is 5.75 Å². The average molecular weight is 287 g/mol. The van der Waals surface area contributed by atoms with Gasteiger partial charge in [-0.3, -0.25) is 0 Å². The van der Waals surface area contributed by atoms with Gasteiger partial charge in [0, 0.05) is 39.1 Å². The molecule has 5 heteroatoms.